The van der Waals surface area contributed by atoms with Gasteiger partial charge in [0.15, 0.2) is 0 Å². The van der Waals surface area contributed by atoms with Crippen molar-refractivity contribution in [3.8, 4) is 0 Å². The summed E-state index contributed by atoms with van der Waals surface area (Å²) in [6.45, 7) is 13.4. The fourth-order valence-electron chi connectivity index (χ4n) is 1.69. The number of piperazine rings is 1. The van der Waals surface area contributed by atoms with E-state index in [-0.39, 0.29) is 6.03 Å². The third kappa shape index (κ3) is 4.39. The average Bonchev–Trinajstić information content (AvgIpc) is 2.34. The highest BCUT2D eigenvalue weighted by Crippen LogP contribution is 2.03. The second-order valence-electron chi connectivity index (χ2n) is 3.75. The molecule has 0 atom stereocenters. The Morgan fingerprint density at radius 1 is 1.06 bits per heavy atom. The van der Waals surface area contributed by atoms with Crippen LogP contribution in [0.2, 0.25) is 0 Å². The first kappa shape index (κ1) is 15.2. The van der Waals surface area contributed by atoms with Crippen LogP contribution in [0.15, 0.2) is 0 Å². The van der Waals surface area contributed by atoms with Crippen LogP contribution in [0.3, 0.4) is 0 Å². The molecule has 16 heavy (non-hydrogen) atoms. The van der Waals surface area contributed by atoms with E-state index in [1.165, 1.54) is 0 Å². The monoisotopic (exact) mass is 229 g/mol. The van der Waals surface area contributed by atoms with E-state index in [2.05, 4.69) is 11.9 Å². The maximum absolute atomic E-state index is 11.9. The van der Waals surface area contributed by atoms with E-state index < -0.39 is 0 Å². The zero-order valence-corrected chi connectivity index (χ0v) is 11.5. The van der Waals surface area contributed by atoms with E-state index in [4.69, 9.17) is 0 Å². The Hall–Kier alpha value is -0.770. The number of likely N-dealkylation sites (N-methyl/N-ethyl adjacent to an activating group) is 1. The zero-order chi connectivity index (χ0) is 12.6. The van der Waals surface area contributed by atoms with Gasteiger partial charge in [-0.3, -0.25) is 0 Å². The topological polar surface area (TPSA) is 26.8 Å². The largest absolute Gasteiger partial charge is 0.325 e. The summed E-state index contributed by atoms with van der Waals surface area (Å²) in [5, 5.41) is 0. The van der Waals surface area contributed by atoms with Crippen molar-refractivity contribution in [1.29, 1.82) is 0 Å². The van der Waals surface area contributed by atoms with Gasteiger partial charge in [-0.15, -0.1) is 0 Å². The fourth-order valence-corrected chi connectivity index (χ4v) is 1.69. The van der Waals surface area contributed by atoms with E-state index in [1.54, 1.807) is 0 Å². The van der Waals surface area contributed by atoms with Crippen molar-refractivity contribution in [2.24, 2.45) is 0 Å². The Balaban J connectivity index is 0.00000106. The van der Waals surface area contributed by atoms with Gasteiger partial charge >= 0.3 is 6.03 Å². The van der Waals surface area contributed by atoms with Gasteiger partial charge in [-0.1, -0.05) is 13.8 Å². The zero-order valence-electron chi connectivity index (χ0n) is 11.5. The molecule has 0 aromatic heterocycles. The third-order valence-electron chi connectivity index (χ3n) is 2.81. The van der Waals surface area contributed by atoms with Crippen LogP contribution in [0.1, 0.15) is 27.7 Å². The molecule has 0 bridgehead atoms. The lowest BCUT2D eigenvalue weighted by atomic mass is 10.3. The first-order valence-electron chi connectivity index (χ1n) is 6.41. The summed E-state index contributed by atoms with van der Waals surface area (Å²) in [5.74, 6) is 0. The normalized spacial score (nSPS) is 16.4. The second kappa shape index (κ2) is 8.39. The van der Waals surface area contributed by atoms with E-state index in [0.717, 1.165) is 39.3 Å². The van der Waals surface area contributed by atoms with Gasteiger partial charge in [-0.2, -0.15) is 0 Å². The summed E-state index contributed by atoms with van der Waals surface area (Å²) < 4.78 is 0. The number of carbonyl (C=O) groups is 1. The van der Waals surface area contributed by atoms with Gasteiger partial charge in [0.1, 0.15) is 0 Å². The predicted octanol–water partition coefficient (Wildman–Crippen LogP) is 1.72. The lowest BCUT2D eigenvalue weighted by molar-refractivity contribution is 0.125. The highest BCUT2D eigenvalue weighted by Gasteiger charge is 2.21. The average molecular weight is 229 g/mol. The van der Waals surface area contributed by atoms with Crippen molar-refractivity contribution in [2.75, 3.05) is 46.3 Å². The van der Waals surface area contributed by atoms with Crippen LogP contribution in [0.25, 0.3) is 0 Å². The van der Waals surface area contributed by atoms with Crippen molar-refractivity contribution in [3.05, 3.63) is 0 Å². The summed E-state index contributed by atoms with van der Waals surface area (Å²) >= 11 is 0. The van der Waals surface area contributed by atoms with Crippen molar-refractivity contribution in [1.82, 2.24) is 14.7 Å². The van der Waals surface area contributed by atoms with Gasteiger partial charge in [-0.25, -0.2) is 4.79 Å². The first-order valence-corrected chi connectivity index (χ1v) is 6.41. The van der Waals surface area contributed by atoms with Crippen LogP contribution >= 0.6 is 0 Å². The van der Waals surface area contributed by atoms with Crippen LogP contribution in [0.5, 0.6) is 0 Å². The number of rotatable bonds is 2. The second-order valence-corrected chi connectivity index (χ2v) is 3.75. The lowest BCUT2D eigenvalue weighted by Crippen LogP contribution is -2.51. The molecule has 4 heteroatoms. The Kier molecular flexibility index (Phi) is 7.99. The summed E-state index contributed by atoms with van der Waals surface area (Å²) in [4.78, 5) is 18.0. The summed E-state index contributed by atoms with van der Waals surface area (Å²) in [6.07, 6.45) is 0. The molecule has 1 rings (SSSR count). The highest BCUT2D eigenvalue weighted by atomic mass is 16.2. The number of urea groups is 1. The van der Waals surface area contributed by atoms with Crippen LogP contribution in [-0.4, -0.2) is 67.0 Å². The van der Waals surface area contributed by atoms with Crippen molar-refractivity contribution >= 4 is 6.03 Å². The molecule has 0 aliphatic carbocycles. The summed E-state index contributed by atoms with van der Waals surface area (Å²) in [6, 6.07) is 0.197. The number of carbonyl (C=O) groups excluding carboxylic acids is 1. The Labute approximate surface area is 100 Å². The number of hydrogen-bond donors (Lipinski definition) is 0. The molecule has 0 aromatic carbocycles. The highest BCUT2D eigenvalue weighted by molar-refractivity contribution is 5.74. The minimum absolute atomic E-state index is 0.197. The quantitative estimate of drug-likeness (QED) is 0.721. The lowest BCUT2D eigenvalue weighted by Gasteiger charge is -2.35. The molecule has 0 radical (unpaired) electrons. The standard InChI is InChI=1S/C10H21N3O.C2H6/c1-4-12(5-2)10(14)13-8-6-11(3)7-9-13;1-2/h4-9H2,1-3H3;1-2H3. The van der Waals surface area contributed by atoms with E-state index in [1.807, 2.05) is 37.5 Å². The minimum atomic E-state index is 0.197. The van der Waals surface area contributed by atoms with Crippen LogP contribution < -0.4 is 0 Å². The van der Waals surface area contributed by atoms with Gasteiger partial charge in [0.2, 0.25) is 0 Å². The molecule has 1 saturated heterocycles. The Morgan fingerprint density at radius 2 is 1.50 bits per heavy atom. The van der Waals surface area contributed by atoms with E-state index in [9.17, 15) is 4.79 Å². The molecule has 1 aliphatic rings. The maximum Gasteiger partial charge on any atom is 0.320 e. The first-order chi connectivity index (χ1) is 7.69. The number of nitrogens with zero attached hydrogens (tertiary/aromatic N) is 3. The smallest absolute Gasteiger partial charge is 0.320 e. The van der Waals surface area contributed by atoms with Crippen molar-refractivity contribution in [2.45, 2.75) is 27.7 Å². The number of amides is 2. The molecular formula is C12H27N3O. The molecule has 0 unspecified atom stereocenters. The molecule has 2 amide bonds. The van der Waals surface area contributed by atoms with Crippen LogP contribution in [0, 0.1) is 0 Å². The van der Waals surface area contributed by atoms with Gasteiger partial charge in [-0.05, 0) is 20.9 Å². The van der Waals surface area contributed by atoms with E-state index in [0.29, 0.717) is 0 Å². The molecule has 1 fully saturated rings. The SMILES string of the molecule is CC.CCN(CC)C(=O)N1CCN(C)CC1. The Morgan fingerprint density at radius 3 is 1.88 bits per heavy atom. The van der Waals surface area contributed by atoms with Crippen molar-refractivity contribution in [3.63, 3.8) is 0 Å². The van der Waals surface area contributed by atoms with Gasteiger partial charge in [0.25, 0.3) is 0 Å². The summed E-state index contributed by atoms with van der Waals surface area (Å²) in [7, 11) is 2.10. The van der Waals surface area contributed by atoms with Gasteiger partial charge in [0.05, 0.1) is 0 Å². The molecule has 0 N–H and O–H groups in total. The van der Waals surface area contributed by atoms with Gasteiger partial charge < -0.3 is 14.7 Å². The molecule has 96 valence electrons. The molecule has 1 aliphatic heterocycles. The maximum atomic E-state index is 11.9. The third-order valence-corrected chi connectivity index (χ3v) is 2.81. The fraction of sp³-hybridized carbons (Fsp3) is 0.917. The van der Waals surface area contributed by atoms with E-state index >= 15 is 0 Å². The molecule has 4 nitrogen and oxygen atoms in total. The van der Waals surface area contributed by atoms with Gasteiger partial charge in [0, 0.05) is 39.3 Å². The molecule has 0 spiro atoms. The molecular weight excluding hydrogens is 202 g/mol. The van der Waals surface area contributed by atoms with Crippen LogP contribution in [-0.2, 0) is 0 Å². The molecule has 0 aromatic rings. The van der Waals surface area contributed by atoms with Crippen LogP contribution in [0.4, 0.5) is 4.79 Å². The number of hydrogen-bond acceptors (Lipinski definition) is 2. The minimum Gasteiger partial charge on any atom is -0.325 e. The molecule has 0 saturated carbocycles. The Bertz CT molecular complexity index is 185. The molecule has 1 heterocycles. The summed E-state index contributed by atoms with van der Waals surface area (Å²) in [5.41, 5.74) is 0. The predicted molar refractivity (Wildman–Crippen MR) is 68.7 cm³/mol. The van der Waals surface area contributed by atoms with Crippen molar-refractivity contribution < 1.29 is 4.79 Å².